The fourth-order valence-corrected chi connectivity index (χ4v) is 3.18. The number of rotatable bonds is 3. The van der Waals surface area contributed by atoms with E-state index in [-0.39, 0.29) is 5.56 Å². The van der Waals surface area contributed by atoms with Crippen LogP contribution < -0.4 is 5.56 Å². The second kappa shape index (κ2) is 5.90. The summed E-state index contributed by atoms with van der Waals surface area (Å²) < 4.78 is 1.65. The highest BCUT2D eigenvalue weighted by Gasteiger charge is 2.20. The summed E-state index contributed by atoms with van der Waals surface area (Å²) in [5, 5.41) is 3.21. The van der Waals surface area contributed by atoms with Crippen LogP contribution in [0, 0.1) is 12.8 Å². The number of piperidine rings is 1. The van der Waals surface area contributed by atoms with E-state index >= 15 is 0 Å². The van der Waals surface area contributed by atoms with E-state index in [1.807, 2.05) is 37.3 Å². The van der Waals surface area contributed by atoms with E-state index in [0.717, 1.165) is 42.5 Å². The van der Waals surface area contributed by atoms with E-state index in [1.54, 1.807) is 4.68 Å². The van der Waals surface area contributed by atoms with E-state index in [0.29, 0.717) is 0 Å². The molecule has 21 heavy (non-hydrogen) atoms. The Labute approximate surface area is 125 Å². The van der Waals surface area contributed by atoms with Gasteiger partial charge < -0.3 is 0 Å². The number of nitrogens with zero attached hydrogens (tertiary/aromatic N) is 2. The molecule has 1 aliphatic heterocycles. The van der Waals surface area contributed by atoms with Crippen LogP contribution >= 0.6 is 0 Å². The van der Waals surface area contributed by atoms with Gasteiger partial charge in [0.2, 0.25) is 0 Å². The Kier molecular flexibility index (Phi) is 3.97. The zero-order chi connectivity index (χ0) is 14.8. The van der Waals surface area contributed by atoms with E-state index in [2.05, 4.69) is 16.9 Å². The Morgan fingerprint density at radius 3 is 2.76 bits per heavy atom. The molecule has 0 radical (unpaired) electrons. The molecule has 1 aromatic carbocycles. The third kappa shape index (κ3) is 2.95. The van der Waals surface area contributed by atoms with Crippen LogP contribution in [0.3, 0.4) is 0 Å². The Bertz CT molecular complexity index is 656. The van der Waals surface area contributed by atoms with Crippen LogP contribution in [0.15, 0.2) is 35.1 Å². The van der Waals surface area contributed by atoms with Crippen LogP contribution in [-0.2, 0) is 6.54 Å². The van der Waals surface area contributed by atoms with Crippen molar-refractivity contribution in [3.8, 4) is 5.69 Å². The van der Waals surface area contributed by atoms with Gasteiger partial charge in [-0.1, -0.05) is 25.1 Å². The molecule has 1 aliphatic rings. The summed E-state index contributed by atoms with van der Waals surface area (Å²) in [5.74, 6) is 0.731. The molecule has 0 amide bonds. The fraction of sp³-hybridized carbons (Fsp3) is 0.471. The minimum Gasteiger partial charge on any atom is -0.299 e. The first kappa shape index (κ1) is 14.1. The normalized spacial score (nSPS) is 19.8. The maximum Gasteiger partial charge on any atom is 0.275 e. The lowest BCUT2D eigenvalue weighted by Crippen LogP contribution is -2.35. The first-order valence-electron chi connectivity index (χ1n) is 7.73. The zero-order valence-electron chi connectivity index (χ0n) is 12.8. The summed E-state index contributed by atoms with van der Waals surface area (Å²) in [6.07, 6.45) is 2.54. The second-order valence-electron chi connectivity index (χ2n) is 6.17. The molecule has 4 heteroatoms. The van der Waals surface area contributed by atoms with Crippen LogP contribution in [0.2, 0.25) is 0 Å². The number of hydrogen-bond acceptors (Lipinski definition) is 2. The standard InChI is InChI=1S/C17H23N3O/c1-13-7-6-10-19(11-13)12-16-14(2)18-20(17(16)21)15-8-4-3-5-9-15/h3-5,8-9,13,18H,6-7,10-12H2,1-2H3. The Hall–Kier alpha value is -1.81. The van der Waals surface area contributed by atoms with Crippen molar-refractivity contribution >= 4 is 0 Å². The van der Waals surface area contributed by atoms with Crippen molar-refractivity contribution in [2.45, 2.75) is 33.2 Å². The SMILES string of the molecule is Cc1[nH]n(-c2ccccc2)c(=O)c1CN1CCCC(C)C1. The first-order valence-corrected chi connectivity index (χ1v) is 7.73. The topological polar surface area (TPSA) is 41.0 Å². The molecule has 1 atom stereocenters. The predicted octanol–water partition coefficient (Wildman–Crippen LogP) is 2.71. The first-order chi connectivity index (χ1) is 10.1. The number of hydrogen-bond donors (Lipinski definition) is 1. The molecular formula is C17H23N3O. The van der Waals surface area contributed by atoms with Crippen LogP contribution in [-0.4, -0.2) is 27.8 Å². The lowest BCUT2D eigenvalue weighted by molar-refractivity contribution is 0.176. The number of H-pyrrole nitrogens is 1. The van der Waals surface area contributed by atoms with Gasteiger partial charge >= 0.3 is 0 Å². The maximum absolute atomic E-state index is 12.7. The molecular weight excluding hydrogens is 262 g/mol. The minimum atomic E-state index is 0.0805. The molecule has 2 heterocycles. The quantitative estimate of drug-likeness (QED) is 0.942. The van der Waals surface area contributed by atoms with Crippen molar-refractivity contribution in [2.75, 3.05) is 13.1 Å². The summed E-state index contributed by atoms with van der Waals surface area (Å²) in [6, 6.07) is 9.75. The number of aromatic amines is 1. The Morgan fingerprint density at radius 1 is 1.29 bits per heavy atom. The van der Waals surface area contributed by atoms with Crippen molar-refractivity contribution < 1.29 is 0 Å². The smallest absolute Gasteiger partial charge is 0.275 e. The Morgan fingerprint density at radius 2 is 2.05 bits per heavy atom. The summed E-state index contributed by atoms with van der Waals surface area (Å²) in [6.45, 7) is 7.22. The number of para-hydroxylation sites is 1. The summed E-state index contributed by atoms with van der Waals surface area (Å²) in [7, 11) is 0. The highest BCUT2D eigenvalue weighted by molar-refractivity contribution is 5.32. The van der Waals surface area contributed by atoms with Crippen LogP contribution in [0.5, 0.6) is 0 Å². The minimum absolute atomic E-state index is 0.0805. The van der Waals surface area contributed by atoms with Crippen molar-refractivity contribution in [3.05, 3.63) is 51.9 Å². The molecule has 1 unspecified atom stereocenters. The van der Waals surface area contributed by atoms with E-state index < -0.39 is 0 Å². The molecule has 112 valence electrons. The average Bonchev–Trinajstić information content (AvgIpc) is 2.76. The number of likely N-dealkylation sites (tertiary alicyclic amines) is 1. The number of aromatic nitrogens is 2. The molecule has 4 nitrogen and oxygen atoms in total. The highest BCUT2D eigenvalue weighted by atomic mass is 16.1. The van der Waals surface area contributed by atoms with Gasteiger partial charge in [-0.2, -0.15) is 0 Å². The molecule has 1 N–H and O–H groups in total. The lowest BCUT2D eigenvalue weighted by atomic mass is 10.00. The molecule has 0 aliphatic carbocycles. The molecule has 1 fully saturated rings. The van der Waals surface area contributed by atoms with Crippen molar-refractivity contribution in [3.63, 3.8) is 0 Å². The number of aryl methyl sites for hydroxylation is 1. The largest absolute Gasteiger partial charge is 0.299 e. The van der Waals surface area contributed by atoms with Crippen LogP contribution in [0.4, 0.5) is 0 Å². The average molecular weight is 285 g/mol. The van der Waals surface area contributed by atoms with Crippen LogP contribution in [0.25, 0.3) is 5.69 Å². The van der Waals surface area contributed by atoms with Gasteiger partial charge in [0.1, 0.15) is 0 Å². The third-order valence-electron chi connectivity index (χ3n) is 4.33. The van der Waals surface area contributed by atoms with Crippen molar-refractivity contribution in [2.24, 2.45) is 5.92 Å². The van der Waals surface area contributed by atoms with E-state index in [9.17, 15) is 4.79 Å². The number of benzene rings is 1. The number of nitrogens with one attached hydrogen (secondary N) is 1. The monoisotopic (exact) mass is 285 g/mol. The van der Waals surface area contributed by atoms with E-state index in [4.69, 9.17) is 0 Å². The van der Waals surface area contributed by atoms with Crippen LogP contribution in [0.1, 0.15) is 31.0 Å². The molecule has 2 aromatic rings. The highest BCUT2D eigenvalue weighted by Crippen LogP contribution is 2.18. The molecule has 3 rings (SSSR count). The molecule has 1 aromatic heterocycles. The molecule has 0 saturated carbocycles. The lowest BCUT2D eigenvalue weighted by Gasteiger charge is -2.30. The molecule has 0 spiro atoms. The van der Waals surface area contributed by atoms with Crippen molar-refractivity contribution in [1.82, 2.24) is 14.7 Å². The third-order valence-corrected chi connectivity index (χ3v) is 4.33. The summed E-state index contributed by atoms with van der Waals surface area (Å²) >= 11 is 0. The van der Waals surface area contributed by atoms with E-state index in [1.165, 1.54) is 12.8 Å². The van der Waals surface area contributed by atoms with Gasteiger partial charge in [0.05, 0.1) is 11.3 Å². The molecule has 1 saturated heterocycles. The predicted molar refractivity (Wildman–Crippen MR) is 84.8 cm³/mol. The fourth-order valence-electron chi connectivity index (χ4n) is 3.18. The van der Waals surface area contributed by atoms with Gasteiger partial charge in [-0.05, 0) is 44.4 Å². The zero-order valence-corrected chi connectivity index (χ0v) is 12.8. The van der Waals surface area contributed by atoms with Gasteiger partial charge in [0, 0.05) is 18.8 Å². The van der Waals surface area contributed by atoms with Crippen molar-refractivity contribution in [1.29, 1.82) is 0 Å². The maximum atomic E-state index is 12.7. The second-order valence-corrected chi connectivity index (χ2v) is 6.17. The summed E-state index contributed by atoms with van der Waals surface area (Å²) in [5.41, 5.74) is 2.84. The molecule has 0 bridgehead atoms. The Balaban J connectivity index is 1.87. The van der Waals surface area contributed by atoms with Gasteiger partial charge in [-0.15, -0.1) is 0 Å². The van der Waals surface area contributed by atoms with Gasteiger partial charge in [-0.3, -0.25) is 14.8 Å². The van der Waals surface area contributed by atoms with Gasteiger partial charge in [0.25, 0.3) is 5.56 Å². The summed E-state index contributed by atoms with van der Waals surface area (Å²) in [4.78, 5) is 15.1. The van der Waals surface area contributed by atoms with Gasteiger partial charge in [0.15, 0.2) is 0 Å². The van der Waals surface area contributed by atoms with Gasteiger partial charge in [-0.25, -0.2) is 4.68 Å².